The molecule has 0 spiro atoms. The van der Waals surface area contributed by atoms with Crippen molar-refractivity contribution in [3.05, 3.63) is 52.3 Å². The largest absolute Gasteiger partial charge is 0.348 e. The highest BCUT2D eigenvalue weighted by molar-refractivity contribution is 7.15. The third-order valence-corrected chi connectivity index (χ3v) is 6.09. The molecule has 0 aliphatic carbocycles. The van der Waals surface area contributed by atoms with Gasteiger partial charge in [-0.15, -0.1) is 11.3 Å². The molecule has 4 heterocycles. The van der Waals surface area contributed by atoms with Crippen molar-refractivity contribution in [2.24, 2.45) is 0 Å². The van der Waals surface area contributed by atoms with E-state index in [9.17, 15) is 0 Å². The quantitative estimate of drug-likeness (QED) is 0.688. The van der Waals surface area contributed by atoms with Crippen molar-refractivity contribution in [3.8, 4) is 0 Å². The molecule has 0 aromatic carbocycles. The molecule has 142 valence electrons. The monoisotopic (exact) mass is 382 g/mol. The molecule has 0 bridgehead atoms. The van der Waals surface area contributed by atoms with Crippen LogP contribution in [0.25, 0.3) is 0 Å². The Morgan fingerprint density at radius 3 is 2.89 bits per heavy atom. The SMILES string of the molecule is Cc1cc(Nc2nc(C)c(C)s2)cc([C@H]2CCCN(Cc3ncc[nH]3)C2)n1. The van der Waals surface area contributed by atoms with Crippen molar-refractivity contribution in [2.75, 3.05) is 18.4 Å². The molecule has 1 aliphatic rings. The van der Waals surface area contributed by atoms with Crippen LogP contribution in [0.2, 0.25) is 0 Å². The van der Waals surface area contributed by atoms with Crippen molar-refractivity contribution in [1.82, 2.24) is 24.8 Å². The van der Waals surface area contributed by atoms with E-state index in [1.54, 1.807) is 11.3 Å². The standard InChI is InChI=1S/C20H26N6S/c1-13-9-17(25-20-24-14(2)15(3)27-20)10-18(23-13)16-5-4-8-26(11-16)12-19-21-6-7-22-19/h6-7,9-10,16H,4-5,8,11-12H2,1-3H3,(H,21,22)(H,23,24,25)/t16-/m0/s1. The van der Waals surface area contributed by atoms with Gasteiger partial charge in [0.15, 0.2) is 5.13 Å². The van der Waals surface area contributed by atoms with Gasteiger partial charge in [-0.25, -0.2) is 9.97 Å². The van der Waals surface area contributed by atoms with Crippen LogP contribution < -0.4 is 5.32 Å². The minimum atomic E-state index is 0.453. The van der Waals surface area contributed by atoms with Crippen LogP contribution in [0.4, 0.5) is 10.8 Å². The molecule has 3 aromatic heterocycles. The molecule has 7 heteroatoms. The smallest absolute Gasteiger partial charge is 0.187 e. The zero-order chi connectivity index (χ0) is 18.8. The highest BCUT2D eigenvalue weighted by Gasteiger charge is 2.23. The molecular weight excluding hydrogens is 356 g/mol. The van der Waals surface area contributed by atoms with Crippen molar-refractivity contribution < 1.29 is 0 Å². The Morgan fingerprint density at radius 1 is 1.26 bits per heavy atom. The fourth-order valence-electron chi connectivity index (χ4n) is 3.66. The number of nitrogens with zero attached hydrogens (tertiary/aromatic N) is 4. The molecular formula is C20H26N6S. The van der Waals surface area contributed by atoms with E-state index in [-0.39, 0.29) is 0 Å². The van der Waals surface area contributed by atoms with Gasteiger partial charge in [0.25, 0.3) is 0 Å². The van der Waals surface area contributed by atoms with Gasteiger partial charge in [0.1, 0.15) is 5.82 Å². The second-order valence-electron chi connectivity index (χ2n) is 7.32. The van der Waals surface area contributed by atoms with Gasteiger partial charge in [0.05, 0.1) is 12.2 Å². The van der Waals surface area contributed by atoms with Crippen LogP contribution in [-0.2, 0) is 6.54 Å². The lowest BCUT2D eigenvalue weighted by Gasteiger charge is -2.32. The van der Waals surface area contributed by atoms with E-state index < -0.39 is 0 Å². The molecule has 1 saturated heterocycles. The topological polar surface area (TPSA) is 69.7 Å². The first-order valence-electron chi connectivity index (χ1n) is 9.47. The fraction of sp³-hybridized carbons (Fsp3) is 0.450. The van der Waals surface area contributed by atoms with Gasteiger partial charge < -0.3 is 10.3 Å². The maximum atomic E-state index is 4.85. The van der Waals surface area contributed by atoms with Gasteiger partial charge in [0, 0.05) is 46.8 Å². The third-order valence-electron chi connectivity index (χ3n) is 5.11. The summed E-state index contributed by atoms with van der Waals surface area (Å²) in [5, 5.41) is 4.42. The summed E-state index contributed by atoms with van der Waals surface area (Å²) >= 11 is 1.70. The number of hydrogen-bond donors (Lipinski definition) is 2. The maximum Gasteiger partial charge on any atom is 0.187 e. The number of rotatable bonds is 5. The van der Waals surface area contributed by atoms with Crippen LogP contribution in [0, 0.1) is 20.8 Å². The number of likely N-dealkylation sites (tertiary alicyclic amines) is 1. The number of aromatic nitrogens is 4. The molecule has 27 heavy (non-hydrogen) atoms. The van der Waals surface area contributed by atoms with Crippen LogP contribution in [0.3, 0.4) is 0 Å². The number of nitrogens with one attached hydrogen (secondary N) is 2. The van der Waals surface area contributed by atoms with E-state index >= 15 is 0 Å². The van der Waals surface area contributed by atoms with Gasteiger partial charge >= 0.3 is 0 Å². The normalized spacial score (nSPS) is 18.0. The molecule has 1 fully saturated rings. The average Bonchev–Trinajstić information content (AvgIpc) is 3.24. The first-order chi connectivity index (χ1) is 13.1. The minimum Gasteiger partial charge on any atom is -0.348 e. The number of imidazole rings is 1. The van der Waals surface area contributed by atoms with Gasteiger partial charge in [0.2, 0.25) is 0 Å². The number of aromatic amines is 1. The van der Waals surface area contributed by atoms with Crippen molar-refractivity contribution in [2.45, 2.75) is 46.1 Å². The summed E-state index contributed by atoms with van der Waals surface area (Å²) in [4.78, 5) is 20.7. The maximum absolute atomic E-state index is 4.85. The van der Waals surface area contributed by atoms with Crippen LogP contribution in [0.5, 0.6) is 0 Å². The van der Waals surface area contributed by atoms with E-state index in [4.69, 9.17) is 4.98 Å². The highest BCUT2D eigenvalue weighted by atomic mass is 32.1. The van der Waals surface area contributed by atoms with Crippen LogP contribution in [0.1, 0.15) is 46.5 Å². The minimum absolute atomic E-state index is 0.453. The Hall–Kier alpha value is -2.25. The van der Waals surface area contributed by atoms with E-state index in [0.717, 1.165) is 47.7 Å². The van der Waals surface area contributed by atoms with E-state index in [1.165, 1.54) is 23.4 Å². The van der Waals surface area contributed by atoms with Gasteiger partial charge in [-0.3, -0.25) is 9.88 Å². The van der Waals surface area contributed by atoms with Crippen molar-refractivity contribution >= 4 is 22.2 Å². The number of hydrogen-bond acceptors (Lipinski definition) is 6. The van der Waals surface area contributed by atoms with Crippen molar-refractivity contribution in [1.29, 1.82) is 0 Å². The van der Waals surface area contributed by atoms with Crippen LogP contribution in [0.15, 0.2) is 24.5 Å². The van der Waals surface area contributed by atoms with E-state index in [0.29, 0.717) is 5.92 Å². The number of H-pyrrole nitrogens is 1. The highest BCUT2D eigenvalue weighted by Crippen LogP contribution is 2.30. The van der Waals surface area contributed by atoms with E-state index in [2.05, 4.69) is 58.1 Å². The number of pyridine rings is 1. The Bertz CT molecular complexity index is 882. The van der Waals surface area contributed by atoms with Gasteiger partial charge in [-0.05, 0) is 52.3 Å². The Kier molecular flexibility index (Phi) is 5.22. The van der Waals surface area contributed by atoms with Crippen LogP contribution >= 0.6 is 11.3 Å². The molecule has 0 amide bonds. The molecule has 1 atom stereocenters. The Labute approximate surface area is 164 Å². The summed E-state index contributed by atoms with van der Waals surface area (Å²) in [7, 11) is 0. The first kappa shape index (κ1) is 18.1. The predicted octanol–water partition coefficient (Wildman–Crippen LogP) is 4.31. The lowest BCUT2D eigenvalue weighted by Crippen LogP contribution is -2.34. The van der Waals surface area contributed by atoms with Gasteiger partial charge in [-0.1, -0.05) is 0 Å². The molecule has 3 aromatic rings. The van der Waals surface area contributed by atoms with Gasteiger partial charge in [-0.2, -0.15) is 0 Å². The molecule has 0 radical (unpaired) electrons. The molecule has 4 rings (SSSR count). The first-order valence-corrected chi connectivity index (χ1v) is 10.3. The number of piperidine rings is 1. The summed E-state index contributed by atoms with van der Waals surface area (Å²) in [6.07, 6.45) is 6.08. The fourth-order valence-corrected chi connectivity index (χ4v) is 4.50. The summed E-state index contributed by atoms with van der Waals surface area (Å²) < 4.78 is 0. The lowest BCUT2D eigenvalue weighted by atomic mass is 9.93. The predicted molar refractivity (Wildman–Crippen MR) is 110 cm³/mol. The molecule has 0 saturated carbocycles. The second kappa shape index (κ2) is 7.78. The second-order valence-corrected chi connectivity index (χ2v) is 8.52. The number of aryl methyl sites for hydroxylation is 3. The van der Waals surface area contributed by atoms with Crippen LogP contribution in [-0.4, -0.2) is 37.9 Å². The van der Waals surface area contributed by atoms with Crippen molar-refractivity contribution in [3.63, 3.8) is 0 Å². The summed E-state index contributed by atoms with van der Waals surface area (Å²) in [6.45, 7) is 9.24. The molecule has 0 unspecified atom stereocenters. The Morgan fingerprint density at radius 2 is 2.15 bits per heavy atom. The summed E-state index contributed by atoms with van der Waals surface area (Å²) in [5.74, 6) is 1.48. The Balaban J connectivity index is 1.49. The lowest BCUT2D eigenvalue weighted by molar-refractivity contribution is 0.194. The average molecular weight is 383 g/mol. The molecule has 6 nitrogen and oxygen atoms in total. The van der Waals surface area contributed by atoms with E-state index in [1.807, 2.05) is 12.4 Å². The molecule has 2 N–H and O–H groups in total. The number of thiazole rings is 1. The third kappa shape index (κ3) is 4.36. The zero-order valence-corrected chi connectivity index (χ0v) is 16.9. The summed E-state index contributed by atoms with van der Waals surface area (Å²) in [6, 6.07) is 4.29. The zero-order valence-electron chi connectivity index (χ0n) is 16.1. The molecule has 1 aliphatic heterocycles. The number of anilines is 2. The summed E-state index contributed by atoms with van der Waals surface area (Å²) in [5.41, 5.74) is 4.39.